The van der Waals surface area contributed by atoms with Crippen molar-refractivity contribution < 1.29 is 14.6 Å². The third-order valence-corrected chi connectivity index (χ3v) is 3.28. The van der Waals surface area contributed by atoms with Gasteiger partial charge < -0.3 is 15.6 Å². The van der Waals surface area contributed by atoms with Crippen molar-refractivity contribution in [3.8, 4) is 5.75 Å². The average molecular weight is 264 g/mol. The van der Waals surface area contributed by atoms with E-state index in [2.05, 4.69) is 5.32 Å². The molecule has 0 aliphatic heterocycles. The van der Waals surface area contributed by atoms with Crippen LogP contribution in [0.1, 0.15) is 25.3 Å². The van der Waals surface area contributed by atoms with E-state index in [1.807, 2.05) is 0 Å². The van der Waals surface area contributed by atoms with Gasteiger partial charge >= 0.3 is 0 Å². The van der Waals surface area contributed by atoms with Crippen LogP contribution in [0.3, 0.4) is 0 Å². The molecular formula is C14H20N2O3. The molecule has 0 heterocycles. The fourth-order valence-corrected chi connectivity index (χ4v) is 1.78. The summed E-state index contributed by atoms with van der Waals surface area (Å²) < 4.78 is 5.62. The molecule has 2 rings (SSSR count). The summed E-state index contributed by atoms with van der Waals surface area (Å²) in [5.41, 5.74) is 5.41. The van der Waals surface area contributed by atoms with Gasteiger partial charge in [-0.3, -0.25) is 10.1 Å². The molecule has 0 radical (unpaired) electrons. The largest absolute Gasteiger partial charge is 0.491 e. The molecule has 0 bridgehead atoms. The van der Waals surface area contributed by atoms with Crippen molar-refractivity contribution in [2.24, 2.45) is 5.73 Å². The number of rotatable bonds is 7. The van der Waals surface area contributed by atoms with Gasteiger partial charge in [0, 0.05) is 6.04 Å². The monoisotopic (exact) mass is 264 g/mol. The maximum absolute atomic E-state index is 11.6. The SMILES string of the molecule is CC(COc1ccc(CO)cc1)(NC1CC1)C(N)=O. The summed E-state index contributed by atoms with van der Waals surface area (Å²) in [5.74, 6) is 0.244. The van der Waals surface area contributed by atoms with Crippen LogP contribution >= 0.6 is 0 Å². The lowest BCUT2D eigenvalue weighted by atomic mass is 10.0. The first-order valence-corrected chi connectivity index (χ1v) is 6.44. The second kappa shape index (κ2) is 5.59. The first kappa shape index (κ1) is 13.8. The Kier molecular flexibility index (Phi) is 4.07. The van der Waals surface area contributed by atoms with E-state index >= 15 is 0 Å². The van der Waals surface area contributed by atoms with Gasteiger partial charge in [-0.05, 0) is 37.5 Å². The summed E-state index contributed by atoms with van der Waals surface area (Å²) in [6.45, 7) is 1.95. The third kappa shape index (κ3) is 3.68. The van der Waals surface area contributed by atoms with Gasteiger partial charge in [0.1, 0.15) is 17.9 Å². The first-order valence-electron chi connectivity index (χ1n) is 6.44. The van der Waals surface area contributed by atoms with Gasteiger partial charge in [0.25, 0.3) is 0 Å². The van der Waals surface area contributed by atoms with Gasteiger partial charge in [-0.1, -0.05) is 12.1 Å². The van der Waals surface area contributed by atoms with Crippen LogP contribution in [0, 0.1) is 0 Å². The van der Waals surface area contributed by atoms with E-state index in [1.54, 1.807) is 31.2 Å². The molecule has 1 aromatic rings. The Morgan fingerprint density at radius 2 is 2.11 bits per heavy atom. The Balaban J connectivity index is 1.95. The normalized spacial score (nSPS) is 17.8. The number of nitrogens with one attached hydrogen (secondary N) is 1. The zero-order valence-electron chi connectivity index (χ0n) is 11.1. The summed E-state index contributed by atoms with van der Waals surface area (Å²) >= 11 is 0. The van der Waals surface area contributed by atoms with E-state index in [0.717, 1.165) is 18.4 Å². The Morgan fingerprint density at radius 1 is 1.47 bits per heavy atom. The molecular weight excluding hydrogens is 244 g/mol. The number of carbonyl (C=O) groups excluding carboxylic acids is 1. The van der Waals surface area contributed by atoms with Crippen LogP contribution in [0.25, 0.3) is 0 Å². The van der Waals surface area contributed by atoms with Gasteiger partial charge in [0.2, 0.25) is 5.91 Å². The van der Waals surface area contributed by atoms with E-state index < -0.39 is 11.4 Å². The molecule has 1 aromatic carbocycles. The van der Waals surface area contributed by atoms with Crippen molar-refractivity contribution in [3.63, 3.8) is 0 Å². The lowest BCUT2D eigenvalue weighted by molar-refractivity contribution is -0.125. The highest BCUT2D eigenvalue weighted by Gasteiger charge is 2.37. The predicted molar refractivity (Wildman–Crippen MR) is 71.6 cm³/mol. The molecule has 1 atom stereocenters. The summed E-state index contributed by atoms with van der Waals surface area (Å²) in [6, 6.07) is 7.47. The van der Waals surface area contributed by atoms with Crippen molar-refractivity contribution in [1.29, 1.82) is 0 Å². The molecule has 1 unspecified atom stereocenters. The number of ether oxygens (including phenoxy) is 1. The molecule has 1 aliphatic carbocycles. The Morgan fingerprint density at radius 3 is 2.58 bits per heavy atom. The minimum atomic E-state index is -0.850. The molecule has 0 saturated heterocycles. The molecule has 0 spiro atoms. The second-order valence-corrected chi connectivity index (χ2v) is 5.21. The molecule has 1 fully saturated rings. The van der Waals surface area contributed by atoms with Gasteiger partial charge in [0.05, 0.1) is 6.61 Å². The van der Waals surface area contributed by atoms with Crippen molar-refractivity contribution in [2.75, 3.05) is 6.61 Å². The summed E-state index contributed by atoms with van der Waals surface area (Å²) in [6.07, 6.45) is 2.15. The van der Waals surface area contributed by atoms with E-state index in [0.29, 0.717) is 11.8 Å². The number of amides is 1. The fraction of sp³-hybridized carbons (Fsp3) is 0.500. The smallest absolute Gasteiger partial charge is 0.240 e. The second-order valence-electron chi connectivity index (χ2n) is 5.21. The van der Waals surface area contributed by atoms with E-state index in [-0.39, 0.29) is 13.2 Å². The molecule has 1 aliphatic rings. The molecule has 104 valence electrons. The lowest BCUT2D eigenvalue weighted by Gasteiger charge is -2.27. The summed E-state index contributed by atoms with van der Waals surface area (Å²) in [4.78, 5) is 11.6. The molecule has 5 heteroatoms. The number of aliphatic hydroxyl groups is 1. The zero-order valence-corrected chi connectivity index (χ0v) is 11.1. The lowest BCUT2D eigenvalue weighted by Crippen LogP contribution is -2.57. The summed E-state index contributed by atoms with van der Waals surface area (Å²) in [7, 11) is 0. The van der Waals surface area contributed by atoms with Gasteiger partial charge in [0.15, 0.2) is 0 Å². The van der Waals surface area contributed by atoms with Crippen LogP contribution in [0.15, 0.2) is 24.3 Å². The van der Waals surface area contributed by atoms with Gasteiger partial charge in [-0.15, -0.1) is 0 Å². The Bertz CT molecular complexity index is 443. The topological polar surface area (TPSA) is 84.6 Å². The molecule has 19 heavy (non-hydrogen) atoms. The van der Waals surface area contributed by atoms with Crippen molar-refractivity contribution in [3.05, 3.63) is 29.8 Å². The average Bonchev–Trinajstić information content (AvgIpc) is 3.20. The van der Waals surface area contributed by atoms with Crippen molar-refractivity contribution in [1.82, 2.24) is 5.32 Å². The van der Waals surface area contributed by atoms with Crippen LogP contribution in [0.4, 0.5) is 0 Å². The molecule has 5 nitrogen and oxygen atoms in total. The van der Waals surface area contributed by atoms with Gasteiger partial charge in [-0.25, -0.2) is 0 Å². The van der Waals surface area contributed by atoms with Crippen LogP contribution in [-0.4, -0.2) is 29.2 Å². The minimum Gasteiger partial charge on any atom is -0.491 e. The maximum atomic E-state index is 11.6. The van der Waals surface area contributed by atoms with Crippen LogP contribution in [0.2, 0.25) is 0 Å². The number of aliphatic hydroxyl groups excluding tert-OH is 1. The number of benzene rings is 1. The molecule has 4 N–H and O–H groups in total. The molecule has 1 saturated carbocycles. The Hall–Kier alpha value is -1.59. The zero-order chi connectivity index (χ0) is 13.9. The van der Waals surface area contributed by atoms with E-state index in [1.165, 1.54) is 0 Å². The highest BCUT2D eigenvalue weighted by molar-refractivity contribution is 5.84. The minimum absolute atomic E-state index is 0.00250. The van der Waals surface area contributed by atoms with Crippen LogP contribution < -0.4 is 15.8 Å². The van der Waals surface area contributed by atoms with E-state index in [4.69, 9.17) is 15.6 Å². The first-order chi connectivity index (χ1) is 9.03. The van der Waals surface area contributed by atoms with Crippen LogP contribution in [-0.2, 0) is 11.4 Å². The number of primary amides is 1. The standard InChI is InChI=1S/C14H20N2O3/c1-14(13(15)18,16-11-4-5-11)9-19-12-6-2-10(8-17)3-7-12/h2-3,6-7,11,16-17H,4-5,8-9H2,1H3,(H2,15,18). The number of nitrogens with two attached hydrogens (primary N) is 1. The van der Waals surface area contributed by atoms with E-state index in [9.17, 15) is 4.79 Å². The highest BCUT2D eigenvalue weighted by atomic mass is 16.5. The molecule has 1 amide bonds. The van der Waals surface area contributed by atoms with Gasteiger partial charge in [-0.2, -0.15) is 0 Å². The third-order valence-electron chi connectivity index (χ3n) is 3.28. The van der Waals surface area contributed by atoms with Crippen LogP contribution in [0.5, 0.6) is 5.75 Å². The highest BCUT2D eigenvalue weighted by Crippen LogP contribution is 2.23. The summed E-state index contributed by atoms with van der Waals surface area (Å²) in [5, 5.41) is 12.2. The predicted octanol–water partition coefficient (Wildman–Crippen LogP) is 0.554. The quantitative estimate of drug-likeness (QED) is 0.671. The van der Waals surface area contributed by atoms with Crippen molar-refractivity contribution in [2.45, 2.75) is 38.0 Å². The Labute approximate surface area is 112 Å². The molecule has 0 aromatic heterocycles. The number of carbonyl (C=O) groups is 1. The number of hydrogen-bond acceptors (Lipinski definition) is 4. The number of hydrogen-bond donors (Lipinski definition) is 3. The maximum Gasteiger partial charge on any atom is 0.240 e. The van der Waals surface area contributed by atoms with Crippen molar-refractivity contribution >= 4 is 5.91 Å². The fourth-order valence-electron chi connectivity index (χ4n) is 1.78.